The number of fused-ring (bicyclic) bond motifs is 9. The summed E-state index contributed by atoms with van der Waals surface area (Å²) in [6, 6.07) is 56.9. The number of hydrogen-bond acceptors (Lipinski definition) is 1. The Kier molecular flexibility index (Phi) is 6.39. The van der Waals surface area contributed by atoms with Crippen LogP contribution in [-0.2, 0) is 16.2 Å². The highest BCUT2D eigenvalue weighted by atomic mass is 15.2. The molecule has 3 aliphatic rings. The fourth-order valence-electron chi connectivity index (χ4n) is 10.1. The monoisotopic (exact) mass is 669 g/mol. The second-order valence-electron chi connectivity index (χ2n) is 16.5. The quantitative estimate of drug-likeness (QED) is 0.180. The molecule has 7 aromatic carbocycles. The molecule has 3 aliphatic carbocycles. The van der Waals surface area contributed by atoms with Crippen LogP contribution in [0.2, 0.25) is 0 Å². The van der Waals surface area contributed by atoms with Crippen LogP contribution in [0.3, 0.4) is 0 Å². The van der Waals surface area contributed by atoms with Crippen LogP contribution >= 0.6 is 0 Å². The molecule has 0 unspecified atom stereocenters. The van der Waals surface area contributed by atoms with E-state index < -0.39 is 0 Å². The lowest BCUT2D eigenvalue weighted by molar-refractivity contribution is 0.640. The highest BCUT2D eigenvalue weighted by molar-refractivity contribution is 6.03. The zero-order chi connectivity index (χ0) is 35.6. The van der Waals surface area contributed by atoms with E-state index in [1.165, 1.54) is 95.0 Å². The molecule has 10 rings (SSSR count). The molecule has 0 radical (unpaired) electrons. The number of hydrogen-bond donors (Lipinski definition) is 0. The van der Waals surface area contributed by atoms with Gasteiger partial charge in [-0.3, -0.25) is 0 Å². The van der Waals surface area contributed by atoms with E-state index in [2.05, 4.69) is 198 Å². The van der Waals surface area contributed by atoms with E-state index in [-0.39, 0.29) is 16.2 Å². The highest BCUT2D eigenvalue weighted by Crippen LogP contribution is 2.64. The fraction of sp³-hybridized carbons (Fsp3) is 0.176. The van der Waals surface area contributed by atoms with Crippen molar-refractivity contribution in [1.82, 2.24) is 0 Å². The van der Waals surface area contributed by atoms with Gasteiger partial charge in [0, 0.05) is 27.5 Å². The van der Waals surface area contributed by atoms with Crippen molar-refractivity contribution >= 4 is 17.1 Å². The maximum atomic E-state index is 2.67. The van der Waals surface area contributed by atoms with Crippen molar-refractivity contribution in [2.45, 2.75) is 57.8 Å². The van der Waals surface area contributed by atoms with Gasteiger partial charge in [0.15, 0.2) is 0 Å². The van der Waals surface area contributed by atoms with Gasteiger partial charge >= 0.3 is 0 Å². The second kappa shape index (κ2) is 10.7. The molecular formula is C51H43N. The summed E-state index contributed by atoms with van der Waals surface area (Å²) in [6.07, 6.45) is 0. The fourth-order valence-corrected chi connectivity index (χ4v) is 10.1. The Balaban J connectivity index is 1.38. The van der Waals surface area contributed by atoms with Crippen LogP contribution in [0.1, 0.15) is 74.9 Å². The van der Waals surface area contributed by atoms with Crippen LogP contribution < -0.4 is 4.90 Å². The van der Waals surface area contributed by atoms with Crippen LogP contribution in [0.5, 0.6) is 0 Å². The van der Waals surface area contributed by atoms with Gasteiger partial charge in [-0.05, 0) is 96.6 Å². The summed E-state index contributed by atoms with van der Waals surface area (Å²) in [6.45, 7) is 14.5. The van der Waals surface area contributed by atoms with Crippen molar-refractivity contribution in [3.8, 4) is 44.5 Å². The number of nitrogens with zero attached hydrogens (tertiary/aromatic N) is 1. The lowest BCUT2D eigenvalue weighted by atomic mass is 9.75. The number of anilines is 3. The third-order valence-electron chi connectivity index (χ3n) is 12.6. The van der Waals surface area contributed by atoms with Gasteiger partial charge in [-0.2, -0.15) is 0 Å². The molecule has 0 bridgehead atoms. The van der Waals surface area contributed by atoms with Gasteiger partial charge in [-0.15, -0.1) is 0 Å². The molecule has 0 heterocycles. The van der Waals surface area contributed by atoms with Crippen molar-refractivity contribution in [1.29, 1.82) is 0 Å². The smallest absolute Gasteiger partial charge is 0.0556 e. The Morgan fingerprint density at radius 2 is 0.846 bits per heavy atom. The van der Waals surface area contributed by atoms with Crippen molar-refractivity contribution in [2.75, 3.05) is 4.90 Å². The molecule has 0 fully saturated rings. The average Bonchev–Trinajstić information content (AvgIpc) is 3.65. The molecular weight excluding hydrogens is 627 g/mol. The van der Waals surface area contributed by atoms with E-state index in [0.717, 1.165) is 0 Å². The van der Waals surface area contributed by atoms with Crippen LogP contribution in [-0.4, -0.2) is 0 Å². The minimum atomic E-state index is -0.231. The maximum absolute atomic E-state index is 2.67. The highest BCUT2D eigenvalue weighted by Gasteiger charge is 2.47. The van der Waals surface area contributed by atoms with Crippen molar-refractivity contribution < 1.29 is 0 Å². The first kappa shape index (κ1) is 31.1. The van der Waals surface area contributed by atoms with Gasteiger partial charge in [-0.25, -0.2) is 0 Å². The molecule has 0 aromatic heterocycles. The SMILES string of the molecule is CC1(C)c2ccccc2-c2c(N(c3cccc(-c4ccccc4)c3)c3c4c(cc5c3C(C)(C)c3ccccc3-5)-c3ccccc3C4(C)C)cccc21. The van der Waals surface area contributed by atoms with Gasteiger partial charge in [0.05, 0.1) is 11.4 Å². The van der Waals surface area contributed by atoms with E-state index in [1.807, 2.05) is 0 Å². The Labute approximate surface area is 308 Å². The van der Waals surface area contributed by atoms with Gasteiger partial charge < -0.3 is 4.90 Å². The molecule has 0 amide bonds. The van der Waals surface area contributed by atoms with Crippen LogP contribution in [0.25, 0.3) is 44.5 Å². The van der Waals surface area contributed by atoms with Crippen molar-refractivity contribution in [3.63, 3.8) is 0 Å². The zero-order valence-electron chi connectivity index (χ0n) is 30.9. The van der Waals surface area contributed by atoms with Gasteiger partial charge in [0.25, 0.3) is 0 Å². The Morgan fingerprint density at radius 3 is 1.46 bits per heavy atom. The predicted octanol–water partition coefficient (Wildman–Crippen LogP) is 13.7. The third kappa shape index (κ3) is 4.05. The van der Waals surface area contributed by atoms with Gasteiger partial charge in [0.1, 0.15) is 0 Å². The van der Waals surface area contributed by atoms with E-state index >= 15 is 0 Å². The van der Waals surface area contributed by atoms with Crippen molar-refractivity contribution in [3.05, 3.63) is 185 Å². The average molecular weight is 670 g/mol. The summed E-state index contributed by atoms with van der Waals surface area (Å²) in [7, 11) is 0. The molecule has 252 valence electrons. The molecule has 1 heteroatoms. The second-order valence-corrected chi connectivity index (χ2v) is 16.5. The summed E-state index contributed by atoms with van der Waals surface area (Å²) in [5.74, 6) is 0. The zero-order valence-corrected chi connectivity index (χ0v) is 30.9. The Hall–Kier alpha value is -5.66. The summed E-state index contributed by atoms with van der Waals surface area (Å²) < 4.78 is 0. The molecule has 7 aromatic rings. The normalized spacial score (nSPS) is 16.0. The van der Waals surface area contributed by atoms with E-state index in [1.54, 1.807) is 0 Å². The van der Waals surface area contributed by atoms with Crippen LogP contribution in [0, 0.1) is 0 Å². The summed E-state index contributed by atoms with van der Waals surface area (Å²) in [4.78, 5) is 2.67. The Morgan fingerprint density at radius 1 is 0.365 bits per heavy atom. The molecule has 52 heavy (non-hydrogen) atoms. The van der Waals surface area contributed by atoms with Gasteiger partial charge in [-0.1, -0.05) is 169 Å². The first-order chi connectivity index (χ1) is 25.1. The molecule has 0 saturated heterocycles. The molecule has 0 saturated carbocycles. The first-order valence-corrected chi connectivity index (χ1v) is 18.7. The Bertz CT molecular complexity index is 2520. The summed E-state index contributed by atoms with van der Waals surface area (Å²) in [5, 5.41) is 0. The minimum Gasteiger partial charge on any atom is -0.309 e. The number of rotatable bonds is 4. The summed E-state index contributed by atoms with van der Waals surface area (Å²) >= 11 is 0. The van der Waals surface area contributed by atoms with E-state index in [0.29, 0.717) is 0 Å². The third-order valence-corrected chi connectivity index (χ3v) is 12.6. The van der Waals surface area contributed by atoms with Crippen LogP contribution in [0.4, 0.5) is 17.1 Å². The van der Waals surface area contributed by atoms with Crippen LogP contribution in [0.15, 0.2) is 152 Å². The maximum Gasteiger partial charge on any atom is 0.0556 e. The van der Waals surface area contributed by atoms with Gasteiger partial charge in [0.2, 0.25) is 0 Å². The van der Waals surface area contributed by atoms with E-state index in [9.17, 15) is 0 Å². The predicted molar refractivity (Wildman–Crippen MR) is 219 cm³/mol. The summed E-state index contributed by atoms with van der Waals surface area (Å²) in [5.41, 5.74) is 22.0. The minimum absolute atomic E-state index is 0.120. The standard InChI is InChI=1S/C51H43N/c1-49(2)42-27-15-12-24-37(42)45-43(49)28-17-29-44(45)52(34-21-16-20-33(30-34)32-18-8-7-9-19-32)48-46-38(35-22-10-13-25-40(35)50(46,3)4)31-39-36-23-11-14-26-41(36)51(5,6)47(39)48/h7-31H,1-6H3. The molecule has 0 aliphatic heterocycles. The van der Waals surface area contributed by atoms with Crippen molar-refractivity contribution in [2.24, 2.45) is 0 Å². The largest absolute Gasteiger partial charge is 0.309 e. The lowest BCUT2D eigenvalue weighted by Gasteiger charge is -2.38. The van der Waals surface area contributed by atoms with E-state index in [4.69, 9.17) is 0 Å². The molecule has 1 nitrogen and oxygen atoms in total. The molecule has 0 atom stereocenters. The topological polar surface area (TPSA) is 3.24 Å². The molecule has 0 N–H and O–H groups in total. The molecule has 0 spiro atoms. The number of benzene rings is 7. The lowest BCUT2D eigenvalue weighted by Crippen LogP contribution is -2.26. The first-order valence-electron chi connectivity index (χ1n) is 18.7.